The minimum atomic E-state index is -0.635. The molecular weight excluding hydrogens is 352 g/mol. The van der Waals surface area contributed by atoms with Crippen molar-refractivity contribution in [2.45, 2.75) is 40.2 Å². The van der Waals surface area contributed by atoms with Crippen LogP contribution in [0.1, 0.15) is 31.4 Å². The fraction of sp³-hybridized carbons (Fsp3) is 0.304. The summed E-state index contributed by atoms with van der Waals surface area (Å²) in [5.74, 6) is 1.19. The SMILES string of the molecule is CCCOc1ccc(NC(=O)C(C)Oc2cc(C)cc(C)c2)c2cccnc12. The van der Waals surface area contributed by atoms with Gasteiger partial charge in [-0.15, -0.1) is 0 Å². The molecule has 1 heterocycles. The van der Waals surface area contributed by atoms with Gasteiger partial charge >= 0.3 is 0 Å². The lowest BCUT2D eigenvalue weighted by atomic mass is 10.1. The number of anilines is 1. The molecule has 5 heteroatoms. The average molecular weight is 378 g/mol. The number of carbonyl (C=O) groups is 1. The predicted molar refractivity (Wildman–Crippen MR) is 112 cm³/mol. The normalized spacial score (nSPS) is 11.9. The number of benzene rings is 2. The van der Waals surface area contributed by atoms with Crippen molar-refractivity contribution in [3.63, 3.8) is 0 Å². The van der Waals surface area contributed by atoms with Gasteiger partial charge in [0.05, 0.1) is 12.3 Å². The van der Waals surface area contributed by atoms with E-state index in [1.54, 1.807) is 13.1 Å². The zero-order chi connectivity index (χ0) is 20.1. The van der Waals surface area contributed by atoms with Gasteiger partial charge in [-0.1, -0.05) is 13.0 Å². The Morgan fingerprint density at radius 2 is 1.89 bits per heavy atom. The fourth-order valence-corrected chi connectivity index (χ4v) is 3.08. The van der Waals surface area contributed by atoms with Crippen LogP contribution in [0.2, 0.25) is 0 Å². The van der Waals surface area contributed by atoms with Crippen molar-refractivity contribution in [3.8, 4) is 11.5 Å². The molecule has 0 saturated heterocycles. The van der Waals surface area contributed by atoms with Crippen LogP contribution < -0.4 is 14.8 Å². The lowest BCUT2D eigenvalue weighted by molar-refractivity contribution is -0.122. The van der Waals surface area contributed by atoms with E-state index in [9.17, 15) is 4.79 Å². The highest BCUT2D eigenvalue weighted by Gasteiger charge is 2.17. The maximum absolute atomic E-state index is 12.7. The van der Waals surface area contributed by atoms with Crippen molar-refractivity contribution in [1.82, 2.24) is 4.98 Å². The molecule has 1 unspecified atom stereocenters. The van der Waals surface area contributed by atoms with Crippen molar-refractivity contribution < 1.29 is 14.3 Å². The van der Waals surface area contributed by atoms with E-state index in [0.717, 1.165) is 34.2 Å². The highest BCUT2D eigenvalue weighted by Crippen LogP contribution is 2.30. The minimum absolute atomic E-state index is 0.216. The summed E-state index contributed by atoms with van der Waals surface area (Å²) in [4.78, 5) is 17.1. The summed E-state index contributed by atoms with van der Waals surface area (Å²) in [6.07, 6.45) is 2.00. The quantitative estimate of drug-likeness (QED) is 0.625. The molecule has 146 valence electrons. The van der Waals surface area contributed by atoms with Crippen LogP contribution in [-0.4, -0.2) is 23.6 Å². The molecule has 0 aliphatic carbocycles. The molecular formula is C23H26N2O3. The van der Waals surface area contributed by atoms with Crippen LogP contribution in [0.25, 0.3) is 10.9 Å². The topological polar surface area (TPSA) is 60.5 Å². The number of nitrogens with one attached hydrogen (secondary N) is 1. The van der Waals surface area contributed by atoms with Gasteiger partial charge in [-0.05, 0) is 74.7 Å². The van der Waals surface area contributed by atoms with Gasteiger partial charge in [0.25, 0.3) is 5.91 Å². The molecule has 1 amide bonds. The van der Waals surface area contributed by atoms with E-state index in [4.69, 9.17) is 9.47 Å². The molecule has 0 bridgehead atoms. The molecule has 0 radical (unpaired) electrons. The van der Waals surface area contributed by atoms with E-state index in [1.165, 1.54) is 0 Å². The smallest absolute Gasteiger partial charge is 0.265 e. The predicted octanol–water partition coefficient (Wildman–Crippen LogP) is 5.05. The number of aromatic nitrogens is 1. The number of hydrogen-bond donors (Lipinski definition) is 1. The molecule has 2 aromatic carbocycles. The number of fused-ring (bicyclic) bond motifs is 1. The van der Waals surface area contributed by atoms with Crippen molar-refractivity contribution in [2.24, 2.45) is 0 Å². The molecule has 5 nitrogen and oxygen atoms in total. The van der Waals surface area contributed by atoms with E-state index in [2.05, 4.69) is 23.3 Å². The Balaban J connectivity index is 1.79. The highest BCUT2D eigenvalue weighted by molar-refractivity contribution is 6.04. The number of amides is 1. The van der Waals surface area contributed by atoms with Crippen LogP contribution in [-0.2, 0) is 4.79 Å². The first-order valence-corrected chi connectivity index (χ1v) is 9.54. The molecule has 1 atom stereocenters. The third kappa shape index (κ3) is 4.60. The van der Waals surface area contributed by atoms with E-state index < -0.39 is 6.10 Å². The zero-order valence-corrected chi connectivity index (χ0v) is 16.8. The third-order valence-electron chi connectivity index (χ3n) is 4.33. The maximum atomic E-state index is 12.7. The summed E-state index contributed by atoms with van der Waals surface area (Å²) in [5, 5.41) is 3.79. The van der Waals surface area contributed by atoms with Gasteiger partial charge in [-0.25, -0.2) is 0 Å². The first-order valence-electron chi connectivity index (χ1n) is 9.54. The Hall–Kier alpha value is -3.08. The van der Waals surface area contributed by atoms with Crippen LogP contribution in [0.5, 0.6) is 11.5 Å². The molecule has 3 rings (SSSR count). The molecule has 1 N–H and O–H groups in total. The Morgan fingerprint density at radius 1 is 1.14 bits per heavy atom. The lowest BCUT2D eigenvalue weighted by Crippen LogP contribution is -2.30. The van der Waals surface area contributed by atoms with Gasteiger partial charge in [0.2, 0.25) is 0 Å². The summed E-state index contributed by atoms with van der Waals surface area (Å²) in [7, 11) is 0. The van der Waals surface area contributed by atoms with E-state index in [-0.39, 0.29) is 5.91 Å². The van der Waals surface area contributed by atoms with Gasteiger partial charge in [-0.3, -0.25) is 9.78 Å². The Bertz CT molecular complexity index is 964. The Morgan fingerprint density at radius 3 is 2.61 bits per heavy atom. The van der Waals surface area contributed by atoms with Crippen LogP contribution >= 0.6 is 0 Å². The maximum Gasteiger partial charge on any atom is 0.265 e. The van der Waals surface area contributed by atoms with Crippen LogP contribution in [0.3, 0.4) is 0 Å². The van der Waals surface area contributed by atoms with Crippen molar-refractivity contribution in [2.75, 3.05) is 11.9 Å². The number of pyridine rings is 1. The molecule has 0 aliphatic rings. The van der Waals surface area contributed by atoms with Crippen molar-refractivity contribution >= 4 is 22.5 Å². The van der Waals surface area contributed by atoms with Crippen molar-refractivity contribution in [1.29, 1.82) is 0 Å². The number of nitrogens with zero attached hydrogens (tertiary/aromatic N) is 1. The second-order valence-corrected chi connectivity index (χ2v) is 6.93. The Labute approximate surface area is 165 Å². The largest absolute Gasteiger partial charge is 0.491 e. The van der Waals surface area contributed by atoms with Gasteiger partial charge in [-0.2, -0.15) is 0 Å². The standard InChI is InChI=1S/C23H26N2O3/c1-5-11-27-21-9-8-20(19-7-6-10-24-22(19)21)25-23(26)17(4)28-18-13-15(2)12-16(3)14-18/h6-10,12-14,17H,5,11H2,1-4H3,(H,25,26). The van der Waals surface area contributed by atoms with Gasteiger partial charge in [0.1, 0.15) is 17.0 Å². The van der Waals surface area contributed by atoms with Crippen molar-refractivity contribution in [3.05, 3.63) is 59.8 Å². The van der Waals surface area contributed by atoms with E-state index in [1.807, 2.05) is 50.2 Å². The molecule has 0 fully saturated rings. The van der Waals surface area contributed by atoms with Gasteiger partial charge in [0.15, 0.2) is 6.10 Å². The minimum Gasteiger partial charge on any atom is -0.491 e. The van der Waals surface area contributed by atoms with Gasteiger partial charge in [0, 0.05) is 11.6 Å². The average Bonchev–Trinajstić information content (AvgIpc) is 2.66. The molecule has 0 saturated carbocycles. The third-order valence-corrected chi connectivity index (χ3v) is 4.33. The highest BCUT2D eigenvalue weighted by atomic mass is 16.5. The first kappa shape index (κ1) is 19.7. The number of hydrogen-bond acceptors (Lipinski definition) is 4. The molecule has 0 spiro atoms. The van der Waals surface area contributed by atoms with E-state index in [0.29, 0.717) is 18.0 Å². The number of carbonyl (C=O) groups excluding carboxylic acids is 1. The molecule has 1 aromatic heterocycles. The Kier molecular flexibility index (Phi) is 6.14. The molecule has 0 aliphatic heterocycles. The van der Waals surface area contributed by atoms with Crippen LogP contribution in [0.15, 0.2) is 48.7 Å². The lowest BCUT2D eigenvalue weighted by Gasteiger charge is -2.17. The fourth-order valence-electron chi connectivity index (χ4n) is 3.08. The monoisotopic (exact) mass is 378 g/mol. The van der Waals surface area contributed by atoms with Crippen LogP contribution in [0.4, 0.5) is 5.69 Å². The summed E-state index contributed by atoms with van der Waals surface area (Å²) in [6.45, 7) is 8.43. The van der Waals surface area contributed by atoms with Crippen LogP contribution in [0, 0.1) is 13.8 Å². The van der Waals surface area contributed by atoms with E-state index >= 15 is 0 Å². The second-order valence-electron chi connectivity index (χ2n) is 6.93. The zero-order valence-electron chi connectivity index (χ0n) is 16.8. The number of ether oxygens (including phenoxy) is 2. The molecule has 28 heavy (non-hydrogen) atoms. The van der Waals surface area contributed by atoms with Gasteiger partial charge < -0.3 is 14.8 Å². The summed E-state index contributed by atoms with van der Waals surface area (Å²) < 4.78 is 11.6. The second kappa shape index (κ2) is 8.74. The summed E-state index contributed by atoms with van der Waals surface area (Å²) in [5.41, 5.74) is 3.62. The number of rotatable bonds is 7. The number of aryl methyl sites for hydroxylation is 2. The summed E-state index contributed by atoms with van der Waals surface area (Å²) in [6, 6.07) is 13.4. The first-order chi connectivity index (χ1) is 13.5. The molecule has 3 aromatic rings. The summed E-state index contributed by atoms with van der Waals surface area (Å²) >= 11 is 0.